The maximum Gasteiger partial charge on any atom is 0.253 e. The number of nitrogens with zero attached hydrogens (tertiary/aromatic N) is 3. The maximum atomic E-state index is 12.2. The summed E-state index contributed by atoms with van der Waals surface area (Å²) >= 11 is 0. The fraction of sp³-hybridized carbons (Fsp3) is 0.176. The quantitative estimate of drug-likeness (QED) is 0.788. The Morgan fingerprint density at radius 1 is 1.32 bits per heavy atom. The van der Waals surface area contributed by atoms with Gasteiger partial charge in [0.1, 0.15) is 0 Å². The predicted molar refractivity (Wildman–Crippen MR) is 86.6 cm³/mol. The molecule has 1 aliphatic rings. The van der Waals surface area contributed by atoms with Crippen LogP contribution >= 0.6 is 0 Å². The third kappa shape index (κ3) is 1.65. The number of benzene rings is 1. The van der Waals surface area contributed by atoms with Gasteiger partial charge in [-0.1, -0.05) is 12.6 Å². The number of hydrogen-bond donors (Lipinski definition) is 1. The van der Waals surface area contributed by atoms with E-state index >= 15 is 0 Å². The highest BCUT2D eigenvalue weighted by molar-refractivity contribution is 6.06. The molecule has 1 aromatic carbocycles. The van der Waals surface area contributed by atoms with E-state index in [1.165, 1.54) is 0 Å². The number of hydrogen-bond acceptors (Lipinski definition) is 2. The summed E-state index contributed by atoms with van der Waals surface area (Å²) in [5.74, 6) is 0.851. The summed E-state index contributed by atoms with van der Waals surface area (Å²) in [7, 11) is 2.00. The van der Waals surface area contributed by atoms with Crippen molar-refractivity contribution in [1.29, 1.82) is 0 Å². The standard InChI is InChI=1S/C17H16N4O/c1-3-11-7-8-14(20(11)2)16-19-13-6-4-5-12-15(13)21(16)10-9-18-17(12)22/h3-8H,1,9-10H2,2H3,(H,18,22). The number of imidazole rings is 1. The molecule has 4 rings (SSSR count). The van der Waals surface area contributed by atoms with Crippen molar-refractivity contribution >= 4 is 23.0 Å². The van der Waals surface area contributed by atoms with Crippen molar-refractivity contribution in [3.63, 3.8) is 0 Å². The molecule has 3 heterocycles. The SMILES string of the molecule is C=Cc1ccc(-c2nc3cccc4c3n2CCNC4=O)n1C. The fourth-order valence-corrected chi connectivity index (χ4v) is 3.12. The molecular formula is C17H16N4O. The normalized spacial score (nSPS) is 14.0. The number of aromatic nitrogens is 3. The first-order valence-electron chi connectivity index (χ1n) is 7.26. The van der Waals surface area contributed by atoms with Crippen LogP contribution in [0.3, 0.4) is 0 Å². The van der Waals surface area contributed by atoms with Gasteiger partial charge in [-0.3, -0.25) is 4.79 Å². The molecule has 0 unspecified atom stereocenters. The summed E-state index contributed by atoms with van der Waals surface area (Å²) in [6.07, 6.45) is 1.82. The number of carbonyl (C=O) groups is 1. The second-order valence-electron chi connectivity index (χ2n) is 5.42. The van der Waals surface area contributed by atoms with Gasteiger partial charge in [0, 0.05) is 25.8 Å². The van der Waals surface area contributed by atoms with Gasteiger partial charge < -0.3 is 14.5 Å². The summed E-state index contributed by atoms with van der Waals surface area (Å²) in [4.78, 5) is 17.0. The summed E-state index contributed by atoms with van der Waals surface area (Å²) in [5, 5.41) is 2.94. The van der Waals surface area contributed by atoms with Crippen LogP contribution in [0.15, 0.2) is 36.9 Å². The second kappa shape index (κ2) is 4.59. The van der Waals surface area contributed by atoms with Crippen LogP contribution in [0.4, 0.5) is 0 Å². The Hall–Kier alpha value is -2.82. The van der Waals surface area contributed by atoms with E-state index in [1.54, 1.807) is 0 Å². The van der Waals surface area contributed by atoms with Crippen molar-refractivity contribution in [1.82, 2.24) is 19.4 Å². The van der Waals surface area contributed by atoms with E-state index in [1.807, 2.05) is 43.5 Å². The smallest absolute Gasteiger partial charge is 0.253 e. The van der Waals surface area contributed by atoms with Crippen LogP contribution < -0.4 is 5.32 Å². The van der Waals surface area contributed by atoms with Crippen molar-refractivity contribution in [3.8, 4) is 11.5 Å². The zero-order valence-corrected chi connectivity index (χ0v) is 12.3. The molecule has 5 heteroatoms. The van der Waals surface area contributed by atoms with Crippen LogP contribution in [-0.2, 0) is 13.6 Å². The van der Waals surface area contributed by atoms with Gasteiger partial charge in [-0.05, 0) is 30.3 Å². The fourth-order valence-electron chi connectivity index (χ4n) is 3.12. The van der Waals surface area contributed by atoms with Crippen molar-refractivity contribution < 1.29 is 4.79 Å². The largest absolute Gasteiger partial charge is 0.350 e. The summed E-state index contributed by atoms with van der Waals surface area (Å²) in [5.41, 5.74) is 4.51. The molecule has 22 heavy (non-hydrogen) atoms. The Morgan fingerprint density at radius 3 is 2.95 bits per heavy atom. The van der Waals surface area contributed by atoms with E-state index in [9.17, 15) is 4.79 Å². The van der Waals surface area contributed by atoms with Crippen LogP contribution in [0.25, 0.3) is 28.6 Å². The highest BCUT2D eigenvalue weighted by Gasteiger charge is 2.22. The number of rotatable bonds is 2. The molecule has 110 valence electrons. The van der Waals surface area contributed by atoms with Crippen LogP contribution in [0.2, 0.25) is 0 Å². The lowest BCUT2D eigenvalue weighted by atomic mass is 10.2. The van der Waals surface area contributed by atoms with E-state index < -0.39 is 0 Å². The summed E-state index contributed by atoms with van der Waals surface area (Å²) < 4.78 is 4.20. The van der Waals surface area contributed by atoms with Gasteiger partial charge in [0.25, 0.3) is 5.91 Å². The zero-order chi connectivity index (χ0) is 15.3. The van der Waals surface area contributed by atoms with Gasteiger partial charge in [0.15, 0.2) is 5.82 Å². The van der Waals surface area contributed by atoms with Gasteiger partial charge >= 0.3 is 0 Å². The molecule has 0 atom stereocenters. The van der Waals surface area contributed by atoms with Crippen molar-refractivity contribution in [2.75, 3.05) is 6.54 Å². The molecule has 0 fully saturated rings. The Kier molecular flexibility index (Phi) is 2.69. The molecule has 0 radical (unpaired) electrons. The molecule has 1 amide bonds. The van der Waals surface area contributed by atoms with Crippen molar-refractivity contribution in [2.45, 2.75) is 6.54 Å². The minimum Gasteiger partial charge on any atom is -0.350 e. The molecular weight excluding hydrogens is 276 g/mol. The minimum absolute atomic E-state index is 0.0329. The Morgan fingerprint density at radius 2 is 2.18 bits per heavy atom. The number of amides is 1. The first-order chi connectivity index (χ1) is 10.7. The molecule has 1 N–H and O–H groups in total. The lowest BCUT2D eigenvalue weighted by Crippen LogP contribution is -2.24. The van der Waals surface area contributed by atoms with E-state index in [-0.39, 0.29) is 5.91 Å². The minimum atomic E-state index is -0.0329. The van der Waals surface area contributed by atoms with Crippen LogP contribution in [-0.4, -0.2) is 26.6 Å². The predicted octanol–water partition coefficient (Wildman–Crippen LogP) is 2.43. The number of para-hydroxylation sites is 1. The van der Waals surface area contributed by atoms with E-state index in [0.717, 1.165) is 28.2 Å². The molecule has 1 aliphatic heterocycles. The number of carbonyl (C=O) groups excluding carboxylic acids is 1. The van der Waals surface area contributed by atoms with E-state index in [0.29, 0.717) is 18.7 Å². The molecule has 0 saturated carbocycles. The van der Waals surface area contributed by atoms with E-state index in [2.05, 4.69) is 21.0 Å². The molecule has 2 aromatic heterocycles. The third-order valence-electron chi connectivity index (χ3n) is 4.23. The van der Waals surface area contributed by atoms with Crippen LogP contribution in [0, 0.1) is 0 Å². The second-order valence-corrected chi connectivity index (χ2v) is 5.42. The lowest BCUT2D eigenvalue weighted by molar-refractivity contribution is 0.0956. The monoisotopic (exact) mass is 292 g/mol. The van der Waals surface area contributed by atoms with Gasteiger partial charge in [0.05, 0.1) is 22.3 Å². The van der Waals surface area contributed by atoms with Gasteiger partial charge in [0.2, 0.25) is 0 Å². The molecule has 0 spiro atoms. The van der Waals surface area contributed by atoms with Crippen LogP contribution in [0.1, 0.15) is 16.1 Å². The Labute approximate surface area is 127 Å². The maximum absolute atomic E-state index is 12.2. The van der Waals surface area contributed by atoms with Gasteiger partial charge in [-0.25, -0.2) is 4.98 Å². The highest BCUT2D eigenvalue weighted by Crippen LogP contribution is 2.29. The average Bonchev–Trinajstić information content (AvgIpc) is 3.01. The first kappa shape index (κ1) is 12.9. The van der Waals surface area contributed by atoms with Crippen molar-refractivity contribution in [2.24, 2.45) is 7.05 Å². The van der Waals surface area contributed by atoms with Gasteiger partial charge in [-0.2, -0.15) is 0 Å². The summed E-state index contributed by atoms with van der Waals surface area (Å²) in [6.45, 7) is 5.15. The number of nitrogens with one attached hydrogen (secondary N) is 1. The zero-order valence-electron chi connectivity index (χ0n) is 12.3. The highest BCUT2D eigenvalue weighted by atomic mass is 16.1. The first-order valence-corrected chi connectivity index (χ1v) is 7.26. The molecule has 5 nitrogen and oxygen atoms in total. The van der Waals surface area contributed by atoms with Crippen molar-refractivity contribution in [3.05, 3.63) is 48.2 Å². The average molecular weight is 292 g/mol. The third-order valence-corrected chi connectivity index (χ3v) is 4.23. The molecule has 0 saturated heterocycles. The van der Waals surface area contributed by atoms with E-state index in [4.69, 9.17) is 4.98 Å². The Balaban J connectivity index is 2.05. The van der Waals surface area contributed by atoms with Gasteiger partial charge in [-0.15, -0.1) is 0 Å². The summed E-state index contributed by atoms with van der Waals surface area (Å²) in [6, 6.07) is 9.75. The molecule has 0 bridgehead atoms. The van der Waals surface area contributed by atoms with Crippen LogP contribution in [0.5, 0.6) is 0 Å². The Bertz CT molecular complexity index is 916. The molecule has 3 aromatic rings. The topological polar surface area (TPSA) is 51.9 Å². The lowest BCUT2D eigenvalue weighted by Gasteiger charge is -2.09. The molecule has 0 aliphatic carbocycles.